The van der Waals surface area contributed by atoms with Crippen LogP contribution in [0.15, 0.2) is 90.4 Å². The monoisotopic (exact) mass is 496 g/mol. The molecule has 0 saturated carbocycles. The number of pyridine rings is 1. The standard InChI is InChI=1S/C28H28N6O3/c1-19-25(27(36)31-22-11-6-14-29-17-22)26(34-28(30-19)32-24(33-34)13-7-15-35)21-10-5-12-23(16-21)37-18-20-8-3-2-4-9-20/h2-6,8-12,14,16-17,26,35H,7,13,15,18H2,1H3,(H,31,36)(H,30,32,33). The fraction of sp³-hybridized carbons (Fsp3) is 0.214. The molecule has 188 valence electrons. The third-order valence-corrected chi connectivity index (χ3v) is 6.04. The largest absolute Gasteiger partial charge is 0.489 e. The van der Waals surface area contributed by atoms with E-state index in [0.29, 0.717) is 53.9 Å². The number of amides is 1. The van der Waals surface area contributed by atoms with E-state index >= 15 is 0 Å². The maximum atomic E-state index is 13.6. The first-order valence-corrected chi connectivity index (χ1v) is 12.1. The summed E-state index contributed by atoms with van der Waals surface area (Å²) in [6, 6.07) is 20.7. The lowest BCUT2D eigenvalue weighted by molar-refractivity contribution is -0.113. The van der Waals surface area contributed by atoms with Gasteiger partial charge in [0.15, 0.2) is 5.82 Å². The van der Waals surface area contributed by atoms with Gasteiger partial charge in [-0.15, -0.1) is 0 Å². The molecule has 0 fully saturated rings. The molecule has 3 N–H and O–H groups in total. The second-order valence-electron chi connectivity index (χ2n) is 8.73. The number of carbonyl (C=O) groups is 1. The number of nitrogens with one attached hydrogen (secondary N) is 2. The molecule has 3 heterocycles. The Balaban J connectivity index is 1.50. The van der Waals surface area contributed by atoms with Crippen LogP contribution in [0.3, 0.4) is 0 Å². The average molecular weight is 497 g/mol. The number of aliphatic hydroxyl groups excluding tert-OH is 1. The number of aryl methyl sites for hydroxylation is 1. The van der Waals surface area contributed by atoms with E-state index in [1.54, 1.807) is 29.2 Å². The lowest BCUT2D eigenvalue weighted by atomic mass is 9.95. The molecular weight excluding hydrogens is 468 g/mol. The van der Waals surface area contributed by atoms with Crippen LogP contribution in [0.25, 0.3) is 0 Å². The van der Waals surface area contributed by atoms with Crippen LogP contribution < -0.4 is 15.4 Å². The molecule has 9 heteroatoms. The molecule has 9 nitrogen and oxygen atoms in total. The van der Waals surface area contributed by atoms with E-state index in [1.165, 1.54) is 0 Å². The van der Waals surface area contributed by atoms with Crippen LogP contribution in [0.5, 0.6) is 5.75 Å². The first-order valence-electron chi connectivity index (χ1n) is 12.1. The molecule has 2 aromatic carbocycles. The quantitative estimate of drug-likeness (QED) is 0.320. The van der Waals surface area contributed by atoms with Crippen molar-refractivity contribution < 1.29 is 14.6 Å². The van der Waals surface area contributed by atoms with Crippen LogP contribution in [0.1, 0.15) is 36.3 Å². The molecule has 37 heavy (non-hydrogen) atoms. The summed E-state index contributed by atoms with van der Waals surface area (Å²) in [6.45, 7) is 2.34. The molecular formula is C28H28N6O3. The van der Waals surface area contributed by atoms with Crippen molar-refractivity contribution in [2.45, 2.75) is 32.4 Å². The van der Waals surface area contributed by atoms with Crippen molar-refractivity contribution in [3.05, 3.63) is 107 Å². The molecule has 0 bridgehead atoms. The number of ether oxygens (including phenoxy) is 1. The Morgan fingerprint density at radius 1 is 1.14 bits per heavy atom. The van der Waals surface area contributed by atoms with Crippen LogP contribution in [-0.4, -0.2) is 37.4 Å². The van der Waals surface area contributed by atoms with E-state index in [9.17, 15) is 9.90 Å². The third-order valence-electron chi connectivity index (χ3n) is 6.04. The van der Waals surface area contributed by atoms with E-state index in [-0.39, 0.29) is 12.5 Å². The number of rotatable bonds is 9. The van der Waals surface area contributed by atoms with Gasteiger partial charge in [-0.25, -0.2) is 4.68 Å². The van der Waals surface area contributed by atoms with Crippen molar-refractivity contribution in [3.8, 4) is 5.75 Å². The number of aromatic nitrogens is 4. The normalized spacial score (nSPS) is 14.6. The second-order valence-corrected chi connectivity index (χ2v) is 8.73. The lowest BCUT2D eigenvalue weighted by Crippen LogP contribution is -2.31. The second kappa shape index (κ2) is 11.0. The number of anilines is 2. The Bertz CT molecular complexity index is 1400. The third kappa shape index (κ3) is 5.52. The highest BCUT2D eigenvalue weighted by Crippen LogP contribution is 2.37. The van der Waals surface area contributed by atoms with E-state index in [1.807, 2.05) is 61.5 Å². The maximum Gasteiger partial charge on any atom is 0.255 e. The summed E-state index contributed by atoms with van der Waals surface area (Å²) >= 11 is 0. The van der Waals surface area contributed by atoms with Crippen LogP contribution in [0.4, 0.5) is 11.6 Å². The summed E-state index contributed by atoms with van der Waals surface area (Å²) in [5.41, 5.74) is 3.68. The Morgan fingerprint density at radius 3 is 2.78 bits per heavy atom. The molecule has 5 rings (SSSR count). The van der Waals surface area contributed by atoms with Crippen LogP contribution in [-0.2, 0) is 17.8 Å². The van der Waals surface area contributed by atoms with E-state index in [0.717, 1.165) is 11.1 Å². The molecule has 1 atom stereocenters. The maximum absolute atomic E-state index is 13.6. The highest BCUT2D eigenvalue weighted by molar-refractivity contribution is 6.05. The number of carbonyl (C=O) groups excluding carboxylic acids is 1. The number of allylic oxidation sites excluding steroid dienone is 1. The van der Waals surface area contributed by atoms with Crippen molar-refractivity contribution in [3.63, 3.8) is 0 Å². The van der Waals surface area contributed by atoms with Gasteiger partial charge in [0.2, 0.25) is 5.95 Å². The summed E-state index contributed by atoms with van der Waals surface area (Å²) in [6.07, 6.45) is 4.34. The average Bonchev–Trinajstić information content (AvgIpc) is 3.33. The molecule has 0 saturated heterocycles. The molecule has 1 amide bonds. The van der Waals surface area contributed by atoms with Crippen LogP contribution in [0, 0.1) is 0 Å². The molecule has 2 aromatic heterocycles. The molecule has 1 aliphatic heterocycles. The van der Waals surface area contributed by atoms with Gasteiger partial charge in [0.25, 0.3) is 5.91 Å². The highest BCUT2D eigenvalue weighted by Gasteiger charge is 2.34. The van der Waals surface area contributed by atoms with Gasteiger partial charge in [-0.2, -0.15) is 10.1 Å². The molecule has 1 unspecified atom stereocenters. The molecule has 4 aromatic rings. The summed E-state index contributed by atoms with van der Waals surface area (Å²) in [4.78, 5) is 22.3. The molecule has 0 aliphatic carbocycles. The minimum absolute atomic E-state index is 0.0531. The first-order chi connectivity index (χ1) is 18.1. The summed E-state index contributed by atoms with van der Waals surface area (Å²) in [7, 11) is 0. The van der Waals surface area contributed by atoms with Crippen molar-refractivity contribution in [1.29, 1.82) is 0 Å². The van der Waals surface area contributed by atoms with Crippen molar-refractivity contribution >= 4 is 17.5 Å². The summed E-state index contributed by atoms with van der Waals surface area (Å²) < 4.78 is 7.80. The predicted molar refractivity (Wildman–Crippen MR) is 140 cm³/mol. The van der Waals surface area contributed by atoms with Gasteiger partial charge < -0.3 is 20.5 Å². The number of nitrogens with zero attached hydrogens (tertiary/aromatic N) is 4. The lowest BCUT2D eigenvalue weighted by Gasteiger charge is -2.29. The van der Waals surface area contributed by atoms with Crippen molar-refractivity contribution in [2.24, 2.45) is 0 Å². The number of hydrogen-bond donors (Lipinski definition) is 3. The SMILES string of the molecule is CC1=C(C(=O)Nc2cccnc2)C(c2cccc(OCc3ccccc3)c2)n2nc(CCCO)nc2N1. The van der Waals surface area contributed by atoms with Crippen LogP contribution >= 0.6 is 0 Å². The molecule has 1 aliphatic rings. The van der Waals surface area contributed by atoms with Gasteiger partial charge in [0.05, 0.1) is 17.5 Å². The minimum atomic E-state index is -0.538. The topological polar surface area (TPSA) is 114 Å². The predicted octanol–water partition coefficient (Wildman–Crippen LogP) is 4.10. The van der Waals surface area contributed by atoms with E-state index in [4.69, 9.17) is 9.84 Å². The van der Waals surface area contributed by atoms with Gasteiger partial charge in [0.1, 0.15) is 18.4 Å². The number of hydrogen-bond acceptors (Lipinski definition) is 7. The fourth-order valence-corrected chi connectivity index (χ4v) is 4.29. The minimum Gasteiger partial charge on any atom is -0.489 e. The molecule has 0 radical (unpaired) electrons. The van der Waals surface area contributed by atoms with Crippen molar-refractivity contribution in [2.75, 3.05) is 17.2 Å². The van der Waals surface area contributed by atoms with Gasteiger partial charge in [-0.05, 0) is 48.7 Å². The zero-order valence-corrected chi connectivity index (χ0v) is 20.5. The molecule has 0 spiro atoms. The number of aliphatic hydroxyl groups is 1. The highest BCUT2D eigenvalue weighted by atomic mass is 16.5. The van der Waals surface area contributed by atoms with E-state index in [2.05, 4.69) is 20.6 Å². The Kier molecular flexibility index (Phi) is 7.23. The van der Waals surface area contributed by atoms with Gasteiger partial charge >= 0.3 is 0 Å². The van der Waals surface area contributed by atoms with E-state index < -0.39 is 6.04 Å². The summed E-state index contributed by atoms with van der Waals surface area (Å²) in [5, 5.41) is 20.2. The first kappa shape index (κ1) is 24.2. The number of benzene rings is 2. The zero-order valence-electron chi connectivity index (χ0n) is 20.5. The number of fused-ring (bicyclic) bond motifs is 1. The zero-order chi connectivity index (χ0) is 25.6. The Morgan fingerprint density at radius 2 is 2.00 bits per heavy atom. The van der Waals surface area contributed by atoms with Gasteiger partial charge in [-0.3, -0.25) is 9.78 Å². The summed E-state index contributed by atoms with van der Waals surface area (Å²) in [5.74, 6) is 1.56. The smallest absolute Gasteiger partial charge is 0.255 e. The van der Waals surface area contributed by atoms with Gasteiger partial charge in [0, 0.05) is 24.9 Å². The van der Waals surface area contributed by atoms with Crippen molar-refractivity contribution in [1.82, 2.24) is 19.7 Å². The Hall–Kier alpha value is -4.50. The van der Waals surface area contributed by atoms with Crippen LogP contribution in [0.2, 0.25) is 0 Å². The van der Waals surface area contributed by atoms with Gasteiger partial charge in [-0.1, -0.05) is 42.5 Å². The fourth-order valence-electron chi connectivity index (χ4n) is 4.29. The Labute approximate surface area is 214 Å².